The van der Waals surface area contributed by atoms with E-state index in [9.17, 15) is 62.3 Å². The minimum atomic E-state index is -1.64. The maximum absolute atomic E-state index is 14.7. The number of primary amides is 3. The Morgan fingerprint density at radius 2 is 1.01 bits per heavy atom. The number of rotatable bonds is 42. The van der Waals surface area contributed by atoms with E-state index in [-0.39, 0.29) is 83.0 Å². The average molecular weight is 1350 g/mol. The van der Waals surface area contributed by atoms with Gasteiger partial charge in [0.15, 0.2) is 5.96 Å². The van der Waals surface area contributed by atoms with Crippen molar-refractivity contribution >= 4 is 94.5 Å². The van der Waals surface area contributed by atoms with Crippen LogP contribution in [-0.2, 0) is 75.2 Å². The number of likely N-dealkylation sites (tertiary alicyclic amines) is 2. The second-order valence-corrected chi connectivity index (χ2v) is 25.1. The van der Waals surface area contributed by atoms with E-state index >= 15 is 0 Å². The Morgan fingerprint density at radius 3 is 1.51 bits per heavy atom. The third kappa shape index (κ3) is 27.5. The monoisotopic (exact) mass is 1350 g/mol. The Labute approximate surface area is 558 Å². The standard InChI is InChI=1S/C63H98N18O13S/c1-37(2)33-45(57(89)74-41(53(68)85)27-32-95-3)73-52(84)36-72-54(86)46(34-38-15-6-4-7-16-38)78-58(90)47(35-39-17-8-5-9-18-39)79-56(88)42(23-25-50(66)82)75-55(87)43(24-26-51(67)83)76-59(91)49-22-14-31-81(49)62(94)44(20-10-11-28-64)77-60(92)48-21-13-30-80(48)61(93)40(65)19-12-29-71-63(69)70/h4-9,15-18,37,40-49H,10-14,19-36,64-65H2,1-3H3,(H2,66,82)(H2,67,83)(H2,68,85)(H,72,86)(H,73,84)(H,74,89)(H,75,87)(H,76,91)(H,77,92)(H,78,90)(H,79,88)(H4,69,70,71)/t40-,41+,42-,43-,44-,45+,46+,47+,48+,49-/m1/s1. The molecule has 4 rings (SSSR count). The van der Waals surface area contributed by atoms with E-state index < -0.39 is 169 Å². The minimum absolute atomic E-state index is 0.0736. The predicted octanol–water partition coefficient (Wildman–Crippen LogP) is -3.71. The van der Waals surface area contributed by atoms with E-state index in [1.54, 1.807) is 60.7 Å². The number of thioether (sulfide) groups is 1. The van der Waals surface area contributed by atoms with Gasteiger partial charge in [-0.1, -0.05) is 74.5 Å². The number of benzene rings is 2. The maximum atomic E-state index is 14.7. The summed E-state index contributed by atoms with van der Waals surface area (Å²) in [5.74, 6) is -9.80. The normalized spacial score (nSPS) is 16.8. The van der Waals surface area contributed by atoms with Crippen LogP contribution in [0, 0.1) is 5.92 Å². The Kier molecular flexibility index (Phi) is 33.9. The van der Waals surface area contributed by atoms with E-state index in [0.29, 0.717) is 55.4 Å². The zero-order valence-corrected chi connectivity index (χ0v) is 55.3. The molecule has 2 aromatic carbocycles. The quantitative estimate of drug-likeness (QED) is 0.0173. The van der Waals surface area contributed by atoms with Gasteiger partial charge in [0.2, 0.25) is 76.8 Å². The van der Waals surface area contributed by atoms with Gasteiger partial charge in [-0.2, -0.15) is 11.8 Å². The summed E-state index contributed by atoms with van der Waals surface area (Å²) in [5.41, 5.74) is 40.6. The van der Waals surface area contributed by atoms with Gasteiger partial charge in [0.25, 0.3) is 0 Å². The highest BCUT2D eigenvalue weighted by molar-refractivity contribution is 7.98. The summed E-state index contributed by atoms with van der Waals surface area (Å²) in [6, 6.07) is 4.51. The molecule has 0 aromatic heterocycles. The third-order valence-corrected chi connectivity index (χ3v) is 16.7. The van der Waals surface area contributed by atoms with Crippen LogP contribution in [0.4, 0.5) is 0 Å². The molecule has 31 nitrogen and oxygen atoms in total. The Bertz CT molecular complexity index is 2960. The lowest BCUT2D eigenvalue weighted by atomic mass is 10.0. The number of hydrogen-bond acceptors (Lipinski definition) is 17. The van der Waals surface area contributed by atoms with Gasteiger partial charge in [0, 0.05) is 45.3 Å². The molecule has 22 N–H and O–H groups in total. The van der Waals surface area contributed by atoms with Gasteiger partial charge < -0.3 is 92.5 Å². The molecule has 524 valence electrons. The minimum Gasteiger partial charge on any atom is -0.370 e. The highest BCUT2D eigenvalue weighted by Crippen LogP contribution is 2.24. The molecular formula is C63H98N18O13S. The van der Waals surface area contributed by atoms with Crippen LogP contribution in [0.25, 0.3) is 0 Å². The Morgan fingerprint density at radius 1 is 0.537 bits per heavy atom. The number of nitrogens with one attached hydrogen (secondary N) is 8. The molecule has 0 spiro atoms. The number of hydrogen-bond donors (Lipinski definition) is 15. The van der Waals surface area contributed by atoms with Crippen molar-refractivity contribution in [3.8, 4) is 0 Å². The van der Waals surface area contributed by atoms with E-state index in [0.717, 1.165) is 0 Å². The van der Waals surface area contributed by atoms with Gasteiger partial charge in [0.1, 0.15) is 54.4 Å². The van der Waals surface area contributed by atoms with Crippen molar-refractivity contribution in [2.24, 2.45) is 51.0 Å². The van der Waals surface area contributed by atoms with Gasteiger partial charge in [-0.25, -0.2) is 0 Å². The summed E-state index contributed by atoms with van der Waals surface area (Å²) < 4.78 is 0. The van der Waals surface area contributed by atoms with E-state index in [2.05, 4.69) is 47.5 Å². The van der Waals surface area contributed by atoms with Crippen molar-refractivity contribution < 1.29 is 62.3 Å². The van der Waals surface area contributed by atoms with E-state index in [1.165, 1.54) is 21.6 Å². The molecule has 2 fully saturated rings. The molecule has 95 heavy (non-hydrogen) atoms. The molecule has 2 heterocycles. The van der Waals surface area contributed by atoms with Crippen molar-refractivity contribution in [1.82, 2.24) is 52.3 Å². The highest BCUT2D eigenvalue weighted by Gasteiger charge is 2.42. The number of aliphatic imine (C=N–C) groups is 1. The van der Waals surface area contributed by atoms with E-state index in [4.69, 9.17) is 40.1 Å². The zero-order chi connectivity index (χ0) is 70.1. The second-order valence-electron chi connectivity index (χ2n) is 24.1. The number of unbranched alkanes of at least 4 members (excludes halogenated alkanes) is 1. The van der Waals surface area contributed by atoms with Crippen LogP contribution in [-0.4, -0.2) is 198 Å². The Balaban J connectivity index is 1.56. The number of nitrogens with two attached hydrogens (primary N) is 7. The van der Waals surface area contributed by atoms with Gasteiger partial charge in [-0.15, -0.1) is 0 Å². The second kappa shape index (κ2) is 41.0. The Hall–Kier alpha value is -8.91. The molecule has 0 bridgehead atoms. The topological polar surface area (TPSA) is 519 Å². The summed E-state index contributed by atoms with van der Waals surface area (Å²) >= 11 is 1.45. The number of carbonyl (C=O) groups is 13. The maximum Gasteiger partial charge on any atom is 0.245 e. The van der Waals surface area contributed by atoms with Gasteiger partial charge >= 0.3 is 0 Å². The fourth-order valence-electron chi connectivity index (χ4n) is 11.0. The molecule has 10 atom stereocenters. The molecule has 2 aliphatic heterocycles. The zero-order valence-electron chi connectivity index (χ0n) is 54.5. The third-order valence-electron chi connectivity index (χ3n) is 16.0. The van der Waals surface area contributed by atoms with Crippen LogP contribution in [0.3, 0.4) is 0 Å². The molecule has 32 heteroatoms. The lowest BCUT2D eigenvalue weighted by Gasteiger charge is -2.32. The first-order valence-electron chi connectivity index (χ1n) is 32.2. The summed E-state index contributed by atoms with van der Waals surface area (Å²) in [5, 5.41) is 21.1. The van der Waals surface area contributed by atoms with Crippen LogP contribution < -0.4 is 82.7 Å². The molecule has 0 unspecified atom stereocenters. The summed E-state index contributed by atoms with van der Waals surface area (Å²) in [6.07, 6.45) is 3.12. The lowest BCUT2D eigenvalue weighted by molar-refractivity contribution is -0.144. The first-order valence-corrected chi connectivity index (χ1v) is 33.6. The van der Waals surface area contributed by atoms with Crippen LogP contribution in [0.1, 0.15) is 121 Å². The van der Waals surface area contributed by atoms with Gasteiger partial charge in [-0.3, -0.25) is 67.3 Å². The summed E-state index contributed by atoms with van der Waals surface area (Å²) in [7, 11) is 0. The van der Waals surface area contributed by atoms with Crippen LogP contribution >= 0.6 is 11.8 Å². The average Bonchev–Trinajstić information content (AvgIpc) is 1.74. The fourth-order valence-corrected chi connectivity index (χ4v) is 11.5. The van der Waals surface area contributed by atoms with Gasteiger partial charge in [-0.05, 0) is 119 Å². The number of nitrogens with zero attached hydrogens (tertiary/aromatic N) is 3. The SMILES string of the molecule is CSCC[C@H](NC(=O)[C@H](CC(C)C)NC(=O)CNC(=O)[C@H](Cc1ccccc1)NC(=O)[C@H](Cc1ccccc1)NC(=O)[C@@H](CCC(N)=O)NC(=O)[C@@H](CCC(N)=O)NC(=O)[C@H]1CCCN1C(=O)[C@@H](CCCCN)NC(=O)[C@@H]1CCCN1C(=O)[C@H](N)CCCN=C(N)N)C(N)=O. The molecule has 0 saturated carbocycles. The first-order chi connectivity index (χ1) is 45.2. The molecule has 2 aromatic rings. The molecule has 13 amide bonds. The number of guanidine groups is 1. The van der Waals surface area contributed by atoms with Crippen molar-refractivity contribution in [2.45, 2.75) is 183 Å². The largest absolute Gasteiger partial charge is 0.370 e. The molecule has 2 saturated heterocycles. The summed E-state index contributed by atoms with van der Waals surface area (Å²) in [6.45, 7) is 3.86. The van der Waals surface area contributed by atoms with Crippen LogP contribution in [0.5, 0.6) is 0 Å². The molecule has 0 radical (unpaired) electrons. The van der Waals surface area contributed by atoms with Crippen molar-refractivity contribution in [2.75, 3.05) is 44.7 Å². The van der Waals surface area contributed by atoms with Crippen molar-refractivity contribution in [1.29, 1.82) is 0 Å². The van der Waals surface area contributed by atoms with E-state index in [1.807, 2.05) is 20.1 Å². The summed E-state index contributed by atoms with van der Waals surface area (Å²) in [4.78, 5) is 185. The number of carbonyl (C=O) groups excluding carboxylic acids is 13. The van der Waals surface area contributed by atoms with Crippen molar-refractivity contribution in [3.05, 3.63) is 71.8 Å². The lowest BCUT2D eigenvalue weighted by Crippen LogP contribution is -2.60. The highest BCUT2D eigenvalue weighted by atomic mass is 32.2. The van der Waals surface area contributed by atoms with Crippen molar-refractivity contribution in [3.63, 3.8) is 0 Å². The first kappa shape index (κ1) is 78.5. The molecule has 0 aliphatic carbocycles. The predicted molar refractivity (Wildman–Crippen MR) is 356 cm³/mol. The molecular weight excluding hydrogens is 1250 g/mol. The van der Waals surface area contributed by atoms with Gasteiger partial charge in [0.05, 0.1) is 12.6 Å². The fraction of sp³-hybridized carbons (Fsp3) is 0.587. The van der Waals surface area contributed by atoms with Crippen LogP contribution in [0.2, 0.25) is 0 Å². The number of amides is 13. The smallest absolute Gasteiger partial charge is 0.245 e. The molecule has 2 aliphatic rings. The van der Waals surface area contributed by atoms with Crippen LogP contribution in [0.15, 0.2) is 65.7 Å².